The second kappa shape index (κ2) is 8.80. The molecule has 0 bridgehead atoms. The zero-order chi connectivity index (χ0) is 18.5. The van der Waals surface area contributed by atoms with Crippen molar-refractivity contribution in [2.75, 3.05) is 6.54 Å². The first-order valence-corrected chi connectivity index (χ1v) is 10.00. The van der Waals surface area contributed by atoms with Gasteiger partial charge in [-0.3, -0.25) is 9.59 Å². The molecule has 0 heterocycles. The van der Waals surface area contributed by atoms with Crippen molar-refractivity contribution in [2.24, 2.45) is 0 Å². The van der Waals surface area contributed by atoms with Gasteiger partial charge in [-0.2, -0.15) is 0 Å². The van der Waals surface area contributed by atoms with Crippen molar-refractivity contribution in [2.45, 2.75) is 29.5 Å². The van der Waals surface area contributed by atoms with E-state index < -0.39 is 0 Å². The van der Waals surface area contributed by atoms with Crippen LogP contribution in [0.3, 0.4) is 0 Å². The van der Waals surface area contributed by atoms with Gasteiger partial charge in [0.2, 0.25) is 5.91 Å². The first-order chi connectivity index (χ1) is 12.5. The second-order valence-corrected chi connectivity index (χ2v) is 7.95. The summed E-state index contributed by atoms with van der Waals surface area (Å²) in [6, 6.07) is 13.0. The molecule has 26 heavy (non-hydrogen) atoms. The van der Waals surface area contributed by atoms with Crippen LogP contribution in [0.5, 0.6) is 0 Å². The Labute approximate surface area is 166 Å². The molecule has 1 fully saturated rings. The minimum absolute atomic E-state index is 0.000201. The number of benzene rings is 2. The predicted molar refractivity (Wildman–Crippen MR) is 106 cm³/mol. The number of carbonyl (C=O) groups excluding carboxylic acids is 2. The van der Waals surface area contributed by atoms with Gasteiger partial charge in [0.25, 0.3) is 5.91 Å². The Hall–Kier alpha value is -1.69. The molecule has 136 valence electrons. The van der Waals surface area contributed by atoms with Crippen molar-refractivity contribution < 1.29 is 9.59 Å². The third kappa shape index (κ3) is 5.66. The van der Waals surface area contributed by atoms with Crippen LogP contribution in [-0.2, 0) is 10.5 Å². The van der Waals surface area contributed by atoms with E-state index >= 15 is 0 Å². The fraction of sp³-hybridized carbons (Fsp3) is 0.263. The summed E-state index contributed by atoms with van der Waals surface area (Å²) in [5.41, 5.74) is 1.59. The summed E-state index contributed by atoms with van der Waals surface area (Å²) in [6.07, 6.45) is 2.05. The van der Waals surface area contributed by atoms with E-state index in [1.54, 1.807) is 36.0 Å². The van der Waals surface area contributed by atoms with E-state index in [2.05, 4.69) is 10.6 Å². The van der Waals surface area contributed by atoms with Crippen molar-refractivity contribution in [1.82, 2.24) is 10.6 Å². The van der Waals surface area contributed by atoms with E-state index in [-0.39, 0.29) is 18.4 Å². The summed E-state index contributed by atoms with van der Waals surface area (Å²) < 4.78 is 0. The average Bonchev–Trinajstić information content (AvgIpc) is 3.45. The van der Waals surface area contributed by atoms with Crippen LogP contribution in [0.1, 0.15) is 28.8 Å². The van der Waals surface area contributed by atoms with Crippen LogP contribution in [0.15, 0.2) is 47.4 Å². The first kappa shape index (κ1) is 19.1. The molecule has 1 saturated carbocycles. The molecule has 4 nitrogen and oxygen atoms in total. The maximum absolute atomic E-state index is 12.1. The number of hydrogen-bond donors (Lipinski definition) is 2. The monoisotopic (exact) mass is 408 g/mol. The zero-order valence-corrected chi connectivity index (χ0v) is 16.3. The highest BCUT2D eigenvalue weighted by Gasteiger charge is 2.23. The van der Waals surface area contributed by atoms with Crippen molar-refractivity contribution in [3.63, 3.8) is 0 Å². The molecule has 3 rings (SSSR count). The number of hydrogen-bond acceptors (Lipinski definition) is 3. The molecule has 0 radical (unpaired) electrons. The Morgan fingerprint density at radius 3 is 2.50 bits per heavy atom. The average molecular weight is 409 g/mol. The first-order valence-electron chi connectivity index (χ1n) is 8.25. The smallest absolute Gasteiger partial charge is 0.251 e. The molecule has 7 heteroatoms. The van der Waals surface area contributed by atoms with E-state index in [1.165, 1.54) is 0 Å². The van der Waals surface area contributed by atoms with Gasteiger partial charge in [0.1, 0.15) is 0 Å². The summed E-state index contributed by atoms with van der Waals surface area (Å²) in [5.74, 6) is 0.312. The molecule has 2 N–H and O–H groups in total. The van der Waals surface area contributed by atoms with Crippen LogP contribution in [-0.4, -0.2) is 24.4 Å². The minimum atomic E-state index is -0.256. The van der Waals surface area contributed by atoms with Gasteiger partial charge in [0.05, 0.1) is 11.6 Å². The molecule has 0 atom stereocenters. The van der Waals surface area contributed by atoms with Crippen molar-refractivity contribution in [3.05, 3.63) is 63.6 Å². The molecule has 0 saturated heterocycles. The number of thioether (sulfide) groups is 1. The van der Waals surface area contributed by atoms with Crippen LogP contribution in [0.2, 0.25) is 10.0 Å². The standard InChI is InChI=1S/C19H18Cl2N2O2S/c20-14-5-8-16(21)17(9-14)26-11-12-1-3-13(4-2-12)19(25)22-10-18(24)23-15-6-7-15/h1-5,8-9,15H,6-7,10-11H2,(H,22,25)(H,23,24). The Kier molecular flexibility index (Phi) is 6.46. The molecule has 0 unspecified atom stereocenters. The van der Waals surface area contributed by atoms with Crippen LogP contribution in [0.25, 0.3) is 0 Å². The number of nitrogens with one attached hydrogen (secondary N) is 2. The van der Waals surface area contributed by atoms with Gasteiger partial charge in [0, 0.05) is 27.3 Å². The van der Waals surface area contributed by atoms with Crippen LogP contribution < -0.4 is 10.6 Å². The molecule has 1 aliphatic carbocycles. The molecular formula is C19H18Cl2N2O2S. The lowest BCUT2D eigenvalue weighted by atomic mass is 10.1. The summed E-state index contributed by atoms with van der Waals surface area (Å²) in [6.45, 7) is 0.000201. The fourth-order valence-electron chi connectivity index (χ4n) is 2.27. The van der Waals surface area contributed by atoms with Gasteiger partial charge in [-0.25, -0.2) is 0 Å². The molecule has 0 aliphatic heterocycles. The van der Waals surface area contributed by atoms with Gasteiger partial charge in [0.15, 0.2) is 0 Å². The van der Waals surface area contributed by atoms with Gasteiger partial charge < -0.3 is 10.6 Å². The highest BCUT2D eigenvalue weighted by Crippen LogP contribution is 2.32. The van der Waals surface area contributed by atoms with Crippen LogP contribution in [0, 0.1) is 0 Å². The molecule has 1 aliphatic rings. The maximum Gasteiger partial charge on any atom is 0.251 e. The number of amides is 2. The van der Waals surface area contributed by atoms with E-state index in [4.69, 9.17) is 23.2 Å². The largest absolute Gasteiger partial charge is 0.352 e. The fourth-order valence-corrected chi connectivity index (χ4v) is 3.72. The van der Waals surface area contributed by atoms with Crippen molar-refractivity contribution in [3.8, 4) is 0 Å². The lowest BCUT2D eigenvalue weighted by Crippen LogP contribution is -2.37. The van der Waals surface area contributed by atoms with Crippen molar-refractivity contribution in [1.29, 1.82) is 0 Å². The summed E-state index contributed by atoms with van der Waals surface area (Å²) >= 11 is 13.7. The Bertz CT molecular complexity index is 808. The lowest BCUT2D eigenvalue weighted by molar-refractivity contribution is -0.120. The van der Waals surface area contributed by atoms with Crippen LogP contribution in [0.4, 0.5) is 0 Å². The van der Waals surface area contributed by atoms with Gasteiger partial charge in [-0.15, -0.1) is 11.8 Å². The van der Waals surface area contributed by atoms with Gasteiger partial charge in [-0.05, 0) is 48.7 Å². The SMILES string of the molecule is O=C(CNC(=O)c1ccc(CSc2cc(Cl)ccc2Cl)cc1)NC1CC1. The highest BCUT2D eigenvalue weighted by atomic mass is 35.5. The third-order valence-corrected chi connectivity index (χ3v) is 5.66. The van der Waals surface area contributed by atoms with Crippen LogP contribution >= 0.6 is 35.0 Å². The quantitative estimate of drug-likeness (QED) is 0.671. The summed E-state index contributed by atoms with van der Waals surface area (Å²) in [7, 11) is 0. The molecule has 0 spiro atoms. The number of carbonyl (C=O) groups is 2. The number of halogens is 2. The topological polar surface area (TPSA) is 58.2 Å². The number of rotatable bonds is 7. The Morgan fingerprint density at radius 1 is 1.08 bits per heavy atom. The second-order valence-electron chi connectivity index (χ2n) is 6.08. The highest BCUT2D eigenvalue weighted by molar-refractivity contribution is 7.98. The predicted octanol–water partition coefficient (Wildman–Crippen LogP) is 4.29. The molecular weight excluding hydrogens is 391 g/mol. The third-order valence-electron chi connectivity index (χ3n) is 3.86. The normalized spacial score (nSPS) is 13.3. The minimum Gasteiger partial charge on any atom is -0.352 e. The maximum atomic E-state index is 12.1. The molecule has 2 aromatic carbocycles. The van der Waals surface area contributed by atoms with Gasteiger partial charge in [-0.1, -0.05) is 35.3 Å². The Balaban J connectivity index is 1.50. The Morgan fingerprint density at radius 2 is 1.81 bits per heavy atom. The van der Waals surface area contributed by atoms with E-state index in [0.717, 1.165) is 23.3 Å². The summed E-state index contributed by atoms with van der Waals surface area (Å²) in [4.78, 5) is 24.6. The zero-order valence-electron chi connectivity index (χ0n) is 13.9. The van der Waals surface area contributed by atoms with E-state index in [0.29, 0.717) is 27.4 Å². The molecule has 2 aromatic rings. The molecule has 0 aromatic heterocycles. The van der Waals surface area contributed by atoms with Gasteiger partial charge >= 0.3 is 0 Å². The van der Waals surface area contributed by atoms with Crippen molar-refractivity contribution >= 4 is 46.8 Å². The lowest BCUT2D eigenvalue weighted by Gasteiger charge is -2.08. The van der Waals surface area contributed by atoms with E-state index in [9.17, 15) is 9.59 Å². The molecule has 2 amide bonds. The summed E-state index contributed by atoms with van der Waals surface area (Å²) in [5, 5.41) is 6.78. The van der Waals surface area contributed by atoms with E-state index in [1.807, 2.05) is 18.2 Å².